The van der Waals surface area contributed by atoms with Crippen LogP contribution < -0.4 is 5.73 Å². The minimum Gasteiger partial charge on any atom is -0.330 e. The summed E-state index contributed by atoms with van der Waals surface area (Å²) in [6.07, 6.45) is 3.57. The Hall–Kier alpha value is -0.710. The highest BCUT2D eigenvalue weighted by atomic mass is 79.9. The number of nitrogens with zero attached hydrogens (tertiary/aromatic N) is 1. The lowest BCUT2D eigenvalue weighted by Gasteiger charge is -2.08. The summed E-state index contributed by atoms with van der Waals surface area (Å²) < 4.78 is 1.10. The van der Waals surface area contributed by atoms with Gasteiger partial charge in [-0.1, -0.05) is 28.1 Å². The second-order valence-corrected chi connectivity index (χ2v) is 6.87. The van der Waals surface area contributed by atoms with Crippen LogP contribution in [0.2, 0.25) is 0 Å². The lowest BCUT2D eigenvalue weighted by atomic mass is 10.0. The van der Waals surface area contributed by atoms with Gasteiger partial charge in [0.25, 0.3) is 0 Å². The van der Waals surface area contributed by atoms with Crippen LogP contribution in [0.25, 0.3) is 11.3 Å². The molecule has 1 aliphatic carbocycles. The van der Waals surface area contributed by atoms with Gasteiger partial charge in [0.05, 0.1) is 10.7 Å². The van der Waals surface area contributed by atoms with Crippen LogP contribution in [0.5, 0.6) is 0 Å². The van der Waals surface area contributed by atoms with Gasteiger partial charge in [0.15, 0.2) is 0 Å². The van der Waals surface area contributed by atoms with E-state index in [-0.39, 0.29) is 0 Å². The van der Waals surface area contributed by atoms with E-state index in [1.807, 2.05) is 0 Å². The molecular formula is C14H15BrN2S. The largest absolute Gasteiger partial charge is 0.330 e. The molecule has 2 N–H and O–H groups in total. The van der Waals surface area contributed by atoms with Crippen molar-refractivity contribution in [3.05, 3.63) is 39.1 Å². The summed E-state index contributed by atoms with van der Waals surface area (Å²) in [6.45, 7) is 0.792. The summed E-state index contributed by atoms with van der Waals surface area (Å²) in [5, 5.41) is 3.36. The van der Waals surface area contributed by atoms with Gasteiger partial charge in [-0.2, -0.15) is 0 Å². The zero-order valence-corrected chi connectivity index (χ0v) is 12.4. The number of nitrogens with two attached hydrogens (primary N) is 1. The molecule has 0 atom stereocenters. The Bertz CT molecular complexity index is 543. The van der Waals surface area contributed by atoms with Crippen molar-refractivity contribution in [1.82, 2.24) is 4.98 Å². The van der Waals surface area contributed by atoms with Gasteiger partial charge >= 0.3 is 0 Å². The third-order valence-corrected chi connectivity index (χ3v) is 4.99. The number of thiazole rings is 1. The molecule has 2 aromatic rings. The van der Waals surface area contributed by atoms with Crippen LogP contribution in [0.1, 0.15) is 17.8 Å². The fraction of sp³-hybridized carbons (Fsp3) is 0.357. The standard InChI is InChI=1S/C14H15BrN2S/c15-11-3-1-10(2-4-11)12-8-18-13(17-12)7-14(9-16)5-6-14/h1-4,8H,5-7,9,16H2. The fourth-order valence-corrected chi connectivity index (χ4v) is 3.34. The van der Waals surface area contributed by atoms with Crippen molar-refractivity contribution in [3.8, 4) is 11.3 Å². The van der Waals surface area contributed by atoms with E-state index in [0.29, 0.717) is 5.41 Å². The van der Waals surface area contributed by atoms with E-state index in [2.05, 4.69) is 45.6 Å². The number of rotatable bonds is 4. The van der Waals surface area contributed by atoms with E-state index >= 15 is 0 Å². The third-order valence-electron chi connectivity index (χ3n) is 3.61. The quantitative estimate of drug-likeness (QED) is 0.928. The number of hydrogen-bond acceptors (Lipinski definition) is 3. The first-order valence-electron chi connectivity index (χ1n) is 6.11. The highest BCUT2D eigenvalue weighted by Crippen LogP contribution is 2.47. The topological polar surface area (TPSA) is 38.9 Å². The average molecular weight is 323 g/mol. The second kappa shape index (κ2) is 4.76. The molecule has 4 heteroatoms. The van der Waals surface area contributed by atoms with Crippen LogP contribution in [-0.4, -0.2) is 11.5 Å². The third kappa shape index (κ3) is 2.51. The first kappa shape index (κ1) is 12.3. The minimum atomic E-state index is 0.370. The van der Waals surface area contributed by atoms with Crippen LogP contribution in [0.15, 0.2) is 34.1 Å². The molecule has 2 nitrogen and oxygen atoms in total. The Morgan fingerprint density at radius 3 is 2.61 bits per heavy atom. The van der Waals surface area contributed by atoms with E-state index < -0.39 is 0 Å². The Morgan fingerprint density at radius 1 is 1.28 bits per heavy atom. The molecule has 1 aliphatic rings. The van der Waals surface area contributed by atoms with Gasteiger partial charge in [0.1, 0.15) is 0 Å². The van der Waals surface area contributed by atoms with Crippen molar-refractivity contribution < 1.29 is 0 Å². The molecule has 0 saturated heterocycles. The van der Waals surface area contributed by atoms with Gasteiger partial charge in [0.2, 0.25) is 0 Å². The lowest BCUT2D eigenvalue weighted by molar-refractivity contribution is 0.520. The maximum Gasteiger partial charge on any atom is 0.0938 e. The maximum absolute atomic E-state index is 5.82. The van der Waals surface area contributed by atoms with E-state index in [0.717, 1.165) is 23.1 Å². The minimum absolute atomic E-state index is 0.370. The van der Waals surface area contributed by atoms with Crippen LogP contribution in [-0.2, 0) is 6.42 Å². The summed E-state index contributed by atoms with van der Waals surface area (Å²) in [5.74, 6) is 0. The van der Waals surface area contributed by atoms with Gasteiger partial charge in [-0.15, -0.1) is 11.3 Å². The summed E-state index contributed by atoms with van der Waals surface area (Å²) in [6, 6.07) is 8.30. The molecule has 1 heterocycles. The van der Waals surface area contributed by atoms with Crippen LogP contribution >= 0.6 is 27.3 Å². The van der Waals surface area contributed by atoms with Crippen molar-refractivity contribution in [2.75, 3.05) is 6.54 Å². The molecule has 94 valence electrons. The molecule has 0 aliphatic heterocycles. The molecule has 0 radical (unpaired) electrons. The predicted molar refractivity (Wildman–Crippen MR) is 79.7 cm³/mol. The Morgan fingerprint density at radius 2 is 2.00 bits per heavy atom. The number of aromatic nitrogens is 1. The van der Waals surface area contributed by atoms with E-state index in [9.17, 15) is 0 Å². The number of hydrogen-bond donors (Lipinski definition) is 1. The smallest absolute Gasteiger partial charge is 0.0938 e. The molecule has 0 amide bonds. The Kier molecular flexibility index (Phi) is 3.26. The van der Waals surface area contributed by atoms with Gasteiger partial charge in [0, 0.05) is 21.8 Å². The molecule has 0 bridgehead atoms. The first-order valence-corrected chi connectivity index (χ1v) is 7.78. The molecule has 1 aromatic heterocycles. The van der Waals surface area contributed by atoms with Crippen LogP contribution in [0.3, 0.4) is 0 Å². The lowest BCUT2D eigenvalue weighted by Crippen LogP contribution is -2.17. The molecular weight excluding hydrogens is 308 g/mol. The summed E-state index contributed by atoms with van der Waals surface area (Å²) >= 11 is 5.20. The average Bonchev–Trinajstić information content (AvgIpc) is 3.00. The van der Waals surface area contributed by atoms with Gasteiger partial charge in [-0.05, 0) is 36.9 Å². The van der Waals surface area contributed by atoms with Crippen LogP contribution in [0.4, 0.5) is 0 Å². The normalized spacial score (nSPS) is 16.8. The highest BCUT2D eigenvalue weighted by molar-refractivity contribution is 9.10. The van der Waals surface area contributed by atoms with Crippen molar-refractivity contribution in [2.24, 2.45) is 11.1 Å². The maximum atomic E-state index is 5.82. The molecule has 0 unspecified atom stereocenters. The SMILES string of the molecule is NCC1(Cc2nc(-c3ccc(Br)cc3)cs2)CC1. The number of halogens is 1. The van der Waals surface area contributed by atoms with Gasteiger partial charge in [-0.25, -0.2) is 4.98 Å². The molecule has 1 saturated carbocycles. The monoisotopic (exact) mass is 322 g/mol. The fourth-order valence-electron chi connectivity index (χ4n) is 2.10. The molecule has 3 rings (SSSR count). The van der Waals surface area contributed by atoms with Crippen molar-refractivity contribution in [1.29, 1.82) is 0 Å². The summed E-state index contributed by atoms with van der Waals surface area (Å²) in [5.41, 5.74) is 8.45. The first-order chi connectivity index (χ1) is 8.71. The van der Waals surface area contributed by atoms with E-state index in [1.165, 1.54) is 23.4 Å². The zero-order chi connectivity index (χ0) is 12.6. The van der Waals surface area contributed by atoms with Crippen molar-refractivity contribution in [3.63, 3.8) is 0 Å². The second-order valence-electron chi connectivity index (χ2n) is 5.01. The zero-order valence-electron chi connectivity index (χ0n) is 10.0. The van der Waals surface area contributed by atoms with Crippen LogP contribution in [0, 0.1) is 5.41 Å². The Labute approximate surface area is 119 Å². The number of benzene rings is 1. The predicted octanol–water partition coefficient (Wildman–Crippen LogP) is 3.85. The summed E-state index contributed by atoms with van der Waals surface area (Å²) in [4.78, 5) is 4.73. The van der Waals surface area contributed by atoms with Crippen molar-refractivity contribution in [2.45, 2.75) is 19.3 Å². The molecule has 0 spiro atoms. The van der Waals surface area contributed by atoms with E-state index in [1.54, 1.807) is 11.3 Å². The Balaban J connectivity index is 1.79. The highest BCUT2D eigenvalue weighted by Gasteiger charge is 2.41. The van der Waals surface area contributed by atoms with Gasteiger partial charge < -0.3 is 5.73 Å². The van der Waals surface area contributed by atoms with Crippen molar-refractivity contribution >= 4 is 27.3 Å². The summed E-state index contributed by atoms with van der Waals surface area (Å²) in [7, 11) is 0. The molecule has 1 aromatic carbocycles. The van der Waals surface area contributed by atoms with Gasteiger partial charge in [-0.3, -0.25) is 0 Å². The van der Waals surface area contributed by atoms with E-state index in [4.69, 9.17) is 10.7 Å². The molecule has 18 heavy (non-hydrogen) atoms. The molecule has 1 fully saturated rings.